The van der Waals surface area contributed by atoms with Crippen molar-refractivity contribution in [2.24, 2.45) is 5.92 Å². The van der Waals surface area contributed by atoms with Gasteiger partial charge in [0.2, 0.25) is 0 Å². The number of benzene rings is 2. The number of methoxy groups -OCH3 is 1. The molecule has 2 aromatic carbocycles. The molecule has 1 aliphatic rings. The third kappa shape index (κ3) is 2.96. The molecule has 1 saturated carbocycles. The summed E-state index contributed by atoms with van der Waals surface area (Å²) in [4.78, 5) is 16.6. The molecule has 0 saturated heterocycles. The van der Waals surface area contributed by atoms with Crippen LogP contribution in [0.3, 0.4) is 0 Å². The zero-order valence-electron chi connectivity index (χ0n) is 15.4. The van der Waals surface area contributed by atoms with E-state index in [1.165, 1.54) is 12.8 Å². The summed E-state index contributed by atoms with van der Waals surface area (Å²) in [5, 5.41) is 0.712. The van der Waals surface area contributed by atoms with Gasteiger partial charge in [-0.15, -0.1) is 0 Å². The van der Waals surface area contributed by atoms with Crippen molar-refractivity contribution < 1.29 is 9.47 Å². The van der Waals surface area contributed by atoms with Crippen molar-refractivity contribution in [3.05, 3.63) is 57.9 Å². The number of nitrogens with one attached hydrogen (secondary N) is 1. The molecule has 4 nitrogen and oxygen atoms in total. The average Bonchev–Trinajstić information content (AvgIpc) is 3.48. The van der Waals surface area contributed by atoms with Crippen molar-refractivity contribution >= 4 is 10.9 Å². The Kier molecular flexibility index (Phi) is 4.19. The van der Waals surface area contributed by atoms with Crippen molar-refractivity contribution in [1.82, 2.24) is 4.98 Å². The lowest BCUT2D eigenvalue weighted by atomic mass is 9.99. The highest BCUT2D eigenvalue weighted by atomic mass is 16.5. The summed E-state index contributed by atoms with van der Waals surface area (Å²) in [5.74, 6) is 2.21. The first-order valence-corrected chi connectivity index (χ1v) is 9.01. The van der Waals surface area contributed by atoms with Gasteiger partial charge in [-0.2, -0.15) is 0 Å². The maximum atomic E-state index is 13.3. The molecule has 1 N–H and O–H groups in total. The van der Waals surface area contributed by atoms with Gasteiger partial charge in [0.15, 0.2) is 5.43 Å². The van der Waals surface area contributed by atoms with E-state index in [-0.39, 0.29) is 5.43 Å². The molecular formula is C22H23NO3. The number of pyridine rings is 1. The predicted octanol–water partition coefficient (Wildman–Crippen LogP) is 4.61. The second-order valence-corrected chi connectivity index (χ2v) is 7.08. The Morgan fingerprint density at radius 1 is 1.15 bits per heavy atom. The first-order valence-electron chi connectivity index (χ1n) is 9.01. The van der Waals surface area contributed by atoms with Crippen LogP contribution in [0.4, 0.5) is 0 Å². The van der Waals surface area contributed by atoms with Crippen LogP contribution in [-0.2, 0) is 0 Å². The fraction of sp³-hybridized carbons (Fsp3) is 0.318. The van der Waals surface area contributed by atoms with Gasteiger partial charge in [0.1, 0.15) is 11.5 Å². The molecule has 1 aromatic heterocycles. The second-order valence-electron chi connectivity index (χ2n) is 7.08. The quantitative estimate of drug-likeness (QED) is 0.732. The fourth-order valence-electron chi connectivity index (χ4n) is 3.25. The van der Waals surface area contributed by atoms with Gasteiger partial charge in [-0.3, -0.25) is 4.79 Å². The van der Waals surface area contributed by atoms with Crippen LogP contribution in [0.15, 0.2) is 41.3 Å². The summed E-state index contributed by atoms with van der Waals surface area (Å²) in [6, 6.07) is 9.58. The molecule has 0 radical (unpaired) electrons. The molecule has 134 valence electrons. The van der Waals surface area contributed by atoms with Crippen LogP contribution < -0.4 is 14.9 Å². The molecule has 0 bridgehead atoms. The summed E-state index contributed by atoms with van der Waals surface area (Å²) >= 11 is 0. The van der Waals surface area contributed by atoms with Crippen molar-refractivity contribution in [2.75, 3.05) is 13.7 Å². The molecule has 4 rings (SSSR count). The van der Waals surface area contributed by atoms with E-state index in [9.17, 15) is 4.79 Å². The lowest BCUT2D eigenvalue weighted by Crippen LogP contribution is -2.10. The molecule has 1 heterocycles. The van der Waals surface area contributed by atoms with Gasteiger partial charge in [0, 0.05) is 11.8 Å². The zero-order valence-corrected chi connectivity index (χ0v) is 15.4. The molecular weight excluding hydrogens is 326 g/mol. The standard InChI is InChI=1S/C22H23NO3/c1-13-10-19(26-12-15-4-5-15)21-20(14(13)2)22(24)18(11-23-21)16-6-8-17(25-3)9-7-16/h6-11,15H,4-5,12H2,1-3H3,(H,23,24). The monoisotopic (exact) mass is 349 g/mol. The Bertz CT molecular complexity index is 1010. The average molecular weight is 349 g/mol. The fourth-order valence-corrected chi connectivity index (χ4v) is 3.25. The van der Waals surface area contributed by atoms with Crippen molar-refractivity contribution in [3.63, 3.8) is 0 Å². The number of aromatic nitrogens is 1. The number of ether oxygens (including phenoxy) is 2. The summed E-state index contributed by atoms with van der Waals surface area (Å²) in [6.07, 6.45) is 4.26. The van der Waals surface area contributed by atoms with E-state index in [0.717, 1.165) is 40.3 Å². The highest BCUT2D eigenvalue weighted by Crippen LogP contribution is 2.33. The Labute approximate surface area is 152 Å². The molecule has 1 fully saturated rings. The van der Waals surface area contributed by atoms with Gasteiger partial charge in [0.05, 0.1) is 24.6 Å². The molecule has 3 aromatic rings. The Morgan fingerprint density at radius 2 is 1.88 bits per heavy atom. The molecule has 0 atom stereocenters. The van der Waals surface area contributed by atoms with Gasteiger partial charge in [0.25, 0.3) is 0 Å². The smallest absolute Gasteiger partial charge is 0.197 e. The Morgan fingerprint density at radius 3 is 2.54 bits per heavy atom. The van der Waals surface area contributed by atoms with Gasteiger partial charge >= 0.3 is 0 Å². The Hall–Kier alpha value is -2.75. The van der Waals surface area contributed by atoms with Gasteiger partial charge < -0.3 is 14.5 Å². The molecule has 0 aliphatic heterocycles. The lowest BCUT2D eigenvalue weighted by Gasteiger charge is -2.14. The minimum atomic E-state index is 0.0291. The summed E-state index contributed by atoms with van der Waals surface area (Å²) in [5.41, 5.74) is 4.41. The largest absolute Gasteiger partial charge is 0.497 e. The van der Waals surface area contributed by atoms with Crippen molar-refractivity contribution in [2.45, 2.75) is 26.7 Å². The third-order valence-electron chi connectivity index (χ3n) is 5.22. The molecule has 0 unspecified atom stereocenters. The normalized spacial score (nSPS) is 13.8. The number of H-pyrrole nitrogens is 1. The number of aromatic amines is 1. The number of rotatable bonds is 5. The third-order valence-corrected chi connectivity index (χ3v) is 5.22. The summed E-state index contributed by atoms with van der Waals surface area (Å²) in [6.45, 7) is 4.74. The van der Waals surface area contributed by atoms with E-state index in [2.05, 4.69) is 4.98 Å². The predicted molar refractivity (Wildman–Crippen MR) is 104 cm³/mol. The molecule has 0 spiro atoms. The summed E-state index contributed by atoms with van der Waals surface area (Å²) < 4.78 is 11.2. The first-order chi connectivity index (χ1) is 12.6. The first kappa shape index (κ1) is 16.7. The molecule has 26 heavy (non-hydrogen) atoms. The molecule has 4 heteroatoms. The van der Waals surface area contributed by atoms with Crippen LogP contribution in [-0.4, -0.2) is 18.7 Å². The Balaban J connectivity index is 1.85. The van der Waals surface area contributed by atoms with E-state index in [4.69, 9.17) is 9.47 Å². The van der Waals surface area contributed by atoms with Crippen LogP contribution >= 0.6 is 0 Å². The molecule has 1 aliphatic carbocycles. The maximum Gasteiger partial charge on any atom is 0.197 e. The number of hydrogen-bond donors (Lipinski definition) is 1. The number of hydrogen-bond acceptors (Lipinski definition) is 3. The highest BCUT2D eigenvalue weighted by Gasteiger charge is 2.23. The zero-order chi connectivity index (χ0) is 18.3. The van der Waals surface area contributed by atoms with Crippen LogP contribution in [0.2, 0.25) is 0 Å². The summed E-state index contributed by atoms with van der Waals surface area (Å²) in [7, 11) is 1.63. The minimum Gasteiger partial charge on any atom is -0.497 e. The van der Waals surface area contributed by atoms with E-state index in [1.807, 2.05) is 44.2 Å². The van der Waals surface area contributed by atoms with E-state index in [1.54, 1.807) is 13.3 Å². The van der Waals surface area contributed by atoms with Crippen LogP contribution in [0.5, 0.6) is 11.5 Å². The van der Waals surface area contributed by atoms with E-state index in [0.29, 0.717) is 16.9 Å². The SMILES string of the molecule is COc1ccc(-c2c[nH]c3c(OCC4CC4)cc(C)c(C)c3c2=O)cc1. The van der Waals surface area contributed by atoms with Gasteiger partial charge in [-0.05, 0) is 67.5 Å². The van der Waals surface area contributed by atoms with Gasteiger partial charge in [-0.1, -0.05) is 12.1 Å². The van der Waals surface area contributed by atoms with E-state index < -0.39 is 0 Å². The number of fused-ring (bicyclic) bond motifs is 1. The lowest BCUT2D eigenvalue weighted by molar-refractivity contribution is 0.302. The van der Waals surface area contributed by atoms with Crippen LogP contribution in [0.1, 0.15) is 24.0 Å². The van der Waals surface area contributed by atoms with E-state index >= 15 is 0 Å². The van der Waals surface area contributed by atoms with Crippen LogP contribution in [0.25, 0.3) is 22.0 Å². The maximum absolute atomic E-state index is 13.3. The van der Waals surface area contributed by atoms with Gasteiger partial charge in [-0.25, -0.2) is 0 Å². The van der Waals surface area contributed by atoms with Crippen LogP contribution in [0, 0.1) is 19.8 Å². The highest BCUT2D eigenvalue weighted by molar-refractivity contribution is 5.91. The molecule has 0 amide bonds. The minimum absolute atomic E-state index is 0.0291. The van der Waals surface area contributed by atoms with Crippen molar-refractivity contribution in [3.8, 4) is 22.6 Å². The van der Waals surface area contributed by atoms with Crippen molar-refractivity contribution in [1.29, 1.82) is 0 Å². The second kappa shape index (κ2) is 6.52. The topological polar surface area (TPSA) is 51.3 Å². The number of aryl methyl sites for hydroxylation is 2.